The summed E-state index contributed by atoms with van der Waals surface area (Å²) >= 11 is 6.43. The fraction of sp³-hybridized carbons (Fsp3) is 0.500. The number of amides is 1. The quantitative estimate of drug-likeness (QED) is 0.816. The fourth-order valence-corrected chi connectivity index (χ4v) is 3.64. The Bertz CT molecular complexity index is 766. The summed E-state index contributed by atoms with van der Waals surface area (Å²) in [5.41, 5.74) is 1.68. The predicted molar refractivity (Wildman–Crippen MR) is 103 cm³/mol. The van der Waals surface area contributed by atoms with Crippen molar-refractivity contribution in [3.8, 4) is 0 Å². The number of rotatable bonds is 6. The molecule has 1 N–H and O–H groups in total. The Hall–Kier alpha value is -1.85. The average Bonchev–Trinajstić information content (AvgIpc) is 3.26. The lowest BCUT2D eigenvalue weighted by Crippen LogP contribution is -2.37. The molecule has 1 unspecified atom stereocenters. The van der Waals surface area contributed by atoms with Crippen LogP contribution >= 0.6 is 11.6 Å². The lowest BCUT2D eigenvalue weighted by atomic mass is 10.1. The SMILES string of the molecule is Cc1nc(C(C)C)oc1C(=O)NCC(c1ccccc1Cl)N1CCCC1. The van der Waals surface area contributed by atoms with Crippen molar-refractivity contribution in [3.05, 3.63) is 52.2 Å². The Morgan fingerprint density at radius 3 is 2.62 bits per heavy atom. The maximum absolute atomic E-state index is 12.6. The number of hydrogen-bond donors (Lipinski definition) is 1. The molecule has 0 radical (unpaired) electrons. The molecule has 3 rings (SSSR count). The zero-order chi connectivity index (χ0) is 18.7. The van der Waals surface area contributed by atoms with Crippen LogP contribution in [0.3, 0.4) is 0 Å². The summed E-state index contributed by atoms with van der Waals surface area (Å²) in [7, 11) is 0. The second-order valence-corrected chi connectivity index (χ2v) is 7.52. The third-order valence-electron chi connectivity index (χ3n) is 4.81. The fourth-order valence-electron chi connectivity index (χ4n) is 3.38. The molecule has 1 amide bonds. The number of oxazole rings is 1. The molecule has 1 aliphatic rings. The molecule has 1 aliphatic heterocycles. The molecule has 1 atom stereocenters. The molecule has 0 saturated carbocycles. The number of hydrogen-bond acceptors (Lipinski definition) is 4. The topological polar surface area (TPSA) is 58.4 Å². The number of nitrogens with one attached hydrogen (secondary N) is 1. The molecule has 1 fully saturated rings. The Balaban J connectivity index is 1.75. The van der Waals surface area contributed by atoms with Crippen molar-refractivity contribution < 1.29 is 9.21 Å². The predicted octanol–water partition coefficient (Wildman–Crippen LogP) is 4.33. The van der Waals surface area contributed by atoms with E-state index in [1.165, 1.54) is 12.8 Å². The van der Waals surface area contributed by atoms with Crippen LogP contribution in [0.1, 0.15) is 66.4 Å². The van der Waals surface area contributed by atoms with Crippen molar-refractivity contribution >= 4 is 17.5 Å². The van der Waals surface area contributed by atoms with Gasteiger partial charge in [0.1, 0.15) is 0 Å². The van der Waals surface area contributed by atoms with Gasteiger partial charge in [-0.3, -0.25) is 9.69 Å². The van der Waals surface area contributed by atoms with Crippen molar-refractivity contribution in [3.63, 3.8) is 0 Å². The standard InChI is InChI=1S/C20H26ClN3O2/c1-13(2)20-23-14(3)18(26-20)19(25)22-12-17(24-10-6-7-11-24)15-8-4-5-9-16(15)21/h4-5,8-9,13,17H,6-7,10-12H2,1-3H3,(H,22,25). The lowest BCUT2D eigenvalue weighted by Gasteiger charge is -2.28. The zero-order valence-corrected chi connectivity index (χ0v) is 16.3. The van der Waals surface area contributed by atoms with E-state index in [1.807, 2.05) is 38.1 Å². The molecule has 26 heavy (non-hydrogen) atoms. The second kappa shape index (κ2) is 8.23. The Morgan fingerprint density at radius 1 is 1.31 bits per heavy atom. The van der Waals surface area contributed by atoms with Crippen LogP contribution in [0.4, 0.5) is 0 Å². The van der Waals surface area contributed by atoms with E-state index >= 15 is 0 Å². The van der Waals surface area contributed by atoms with Crippen LogP contribution in [0.5, 0.6) is 0 Å². The number of aryl methyl sites for hydroxylation is 1. The maximum Gasteiger partial charge on any atom is 0.289 e. The highest BCUT2D eigenvalue weighted by Crippen LogP contribution is 2.30. The Labute approximate surface area is 159 Å². The molecule has 6 heteroatoms. The highest BCUT2D eigenvalue weighted by molar-refractivity contribution is 6.31. The van der Waals surface area contributed by atoms with Gasteiger partial charge in [-0.2, -0.15) is 0 Å². The first-order valence-electron chi connectivity index (χ1n) is 9.21. The Kier molecular flexibility index (Phi) is 5.99. The van der Waals surface area contributed by atoms with Gasteiger partial charge in [-0.25, -0.2) is 4.98 Å². The lowest BCUT2D eigenvalue weighted by molar-refractivity contribution is 0.0907. The van der Waals surface area contributed by atoms with Crippen LogP contribution in [0.25, 0.3) is 0 Å². The minimum absolute atomic E-state index is 0.0583. The monoisotopic (exact) mass is 375 g/mol. The van der Waals surface area contributed by atoms with Crippen LogP contribution in [0, 0.1) is 6.92 Å². The van der Waals surface area contributed by atoms with E-state index in [-0.39, 0.29) is 17.9 Å². The maximum atomic E-state index is 12.6. The van der Waals surface area contributed by atoms with Gasteiger partial charge in [0, 0.05) is 17.5 Å². The number of carbonyl (C=O) groups is 1. The molecular formula is C20H26ClN3O2. The number of nitrogens with zero attached hydrogens (tertiary/aromatic N) is 2. The summed E-state index contributed by atoms with van der Waals surface area (Å²) in [4.78, 5) is 19.4. The summed E-state index contributed by atoms with van der Waals surface area (Å²) in [5, 5.41) is 3.75. The minimum atomic E-state index is -0.224. The molecule has 0 spiro atoms. The first-order chi connectivity index (χ1) is 12.5. The molecule has 2 heterocycles. The molecular weight excluding hydrogens is 350 g/mol. The molecule has 2 aromatic rings. The average molecular weight is 376 g/mol. The van der Waals surface area contributed by atoms with Crippen molar-refractivity contribution in [1.29, 1.82) is 0 Å². The van der Waals surface area contributed by atoms with Crippen LogP contribution in [0.2, 0.25) is 5.02 Å². The van der Waals surface area contributed by atoms with Gasteiger partial charge in [-0.15, -0.1) is 0 Å². The van der Waals surface area contributed by atoms with Crippen molar-refractivity contribution in [1.82, 2.24) is 15.2 Å². The molecule has 1 saturated heterocycles. The van der Waals surface area contributed by atoms with E-state index in [2.05, 4.69) is 15.2 Å². The van der Waals surface area contributed by atoms with Gasteiger partial charge < -0.3 is 9.73 Å². The molecule has 0 aliphatic carbocycles. The smallest absolute Gasteiger partial charge is 0.289 e. The molecule has 140 valence electrons. The van der Waals surface area contributed by atoms with Gasteiger partial charge in [0.25, 0.3) is 5.91 Å². The van der Waals surface area contributed by atoms with Crippen molar-refractivity contribution in [2.24, 2.45) is 0 Å². The van der Waals surface area contributed by atoms with E-state index in [1.54, 1.807) is 6.92 Å². The van der Waals surface area contributed by atoms with Crippen molar-refractivity contribution in [2.75, 3.05) is 19.6 Å². The first-order valence-corrected chi connectivity index (χ1v) is 9.59. The second-order valence-electron chi connectivity index (χ2n) is 7.11. The summed E-state index contributed by atoms with van der Waals surface area (Å²) in [6, 6.07) is 7.91. The van der Waals surface area contributed by atoms with E-state index in [0.717, 1.165) is 23.7 Å². The number of likely N-dealkylation sites (tertiary alicyclic amines) is 1. The molecule has 0 bridgehead atoms. The Morgan fingerprint density at radius 2 is 2.00 bits per heavy atom. The summed E-state index contributed by atoms with van der Waals surface area (Å²) in [5.74, 6) is 0.816. The van der Waals surface area contributed by atoms with Gasteiger partial charge in [-0.1, -0.05) is 43.6 Å². The summed E-state index contributed by atoms with van der Waals surface area (Å²) < 4.78 is 5.66. The van der Waals surface area contributed by atoms with Gasteiger partial charge >= 0.3 is 0 Å². The number of aromatic nitrogens is 1. The number of benzene rings is 1. The third-order valence-corrected chi connectivity index (χ3v) is 5.16. The number of carbonyl (C=O) groups excluding carboxylic acids is 1. The van der Waals surface area contributed by atoms with Gasteiger partial charge in [0.05, 0.1) is 11.7 Å². The van der Waals surface area contributed by atoms with Gasteiger partial charge in [0.2, 0.25) is 5.76 Å². The number of halogens is 1. The van der Waals surface area contributed by atoms with Gasteiger partial charge in [0.15, 0.2) is 5.89 Å². The summed E-state index contributed by atoms with van der Waals surface area (Å²) in [6.07, 6.45) is 2.35. The molecule has 1 aromatic carbocycles. The van der Waals surface area contributed by atoms with E-state index < -0.39 is 0 Å². The van der Waals surface area contributed by atoms with Crippen LogP contribution in [0.15, 0.2) is 28.7 Å². The van der Waals surface area contributed by atoms with E-state index in [9.17, 15) is 4.79 Å². The largest absolute Gasteiger partial charge is 0.435 e. The van der Waals surface area contributed by atoms with E-state index in [0.29, 0.717) is 23.9 Å². The normalized spacial score (nSPS) is 16.2. The first kappa shape index (κ1) is 18.9. The van der Waals surface area contributed by atoms with Crippen molar-refractivity contribution in [2.45, 2.75) is 45.6 Å². The molecule has 1 aromatic heterocycles. The highest BCUT2D eigenvalue weighted by Gasteiger charge is 2.27. The van der Waals surface area contributed by atoms with Crippen LogP contribution in [-0.4, -0.2) is 35.4 Å². The minimum Gasteiger partial charge on any atom is -0.435 e. The molecule has 5 nitrogen and oxygen atoms in total. The highest BCUT2D eigenvalue weighted by atomic mass is 35.5. The van der Waals surface area contributed by atoms with E-state index in [4.69, 9.17) is 16.0 Å². The summed E-state index contributed by atoms with van der Waals surface area (Å²) in [6.45, 7) is 8.31. The zero-order valence-electron chi connectivity index (χ0n) is 15.6. The van der Waals surface area contributed by atoms with Gasteiger partial charge in [-0.05, 0) is 44.5 Å². The third kappa shape index (κ3) is 4.10. The van der Waals surface area contributed by atoms with Crippen LogP contribution < -0.4 is 5.32 Å². The van der Waals surface area contributed by atoms with Crippen LogP contribution in [-0.2, 0) is 0 Å².